The predicted octanol–water partition coefficient (Wildman–Crippen LogP) is 3.22. The van der Waals surface area contributed by atoms with Crippen LogP contribution in [-0.2, 0) is 13.1 Å². The Hall–Kier alpha value is -3.38. The molecule has 0 bridgehead atoms. The minimum atomic E-state index is -1.15. The normalized spacial score (nSPS) is 10.5. The first kappa shape index (κ1) is 17.4. The fraction of sp³-hybridized carbons (Fsp3) is 0.100. The number of nitrogens with two attached hydrogens (primary N) is 1. The molecule has 132 valence electrons. The molecule has 3 aromatic rings. The minimum absolute atomic E-state index is 0.112. The number of hydrogen-bond donors (Lipinski definition) is 4. The van der Waals surface area contributed by atoms with Gasteiger partial charge in [-0.2, -0.15) is 0 Å². The maximum absolute atomic E-state index is 11.0. The summed E-state index contributed by atoms with van der Waals surface area (Å²) in [6.07, 6.45) is 3.48. The second kappa shape index (κ2) is 7.67. The zero-order valence-corrected chi connectivity index (χ0v) is 14.0. The zero-order valence-electron chi connectivity index (χ0n) is 14.0. The molecule has 1 aromatic heterocycles. The van der Waals surface area contributed by atoms with Crippen LogP contribution in [0.2, 0.25) is 0 Å². The van der Waals surface area contributed by atoms with E-state index in [-0.39, 0.29) is 11.3 Å². The van der Waals surface area contributed by atoms with Crippen molar-refractivity contribution in [1.82, 2.24) is 4.98 Å². The molecule has 2 aromatic carbocycles. The summed E-state index contributed by atoms with van der Waals surface area (Å²) in [6, 6.07) is 14.3. The summed E-state index contributed by atoms with van der Waals surface area (Å²) in [4.78, 5) is 15.2. The lowest BCUT2D eigenvalue weighted by Gasteiger charge is -2.10. The number of anilines is 1. The summed E-state index contributed by atoms with van der Waals surface area (Å²) in [5.74, 6) is -1.40. The van der Waals surface area contributed by atoms with Crippen molar-refractivity contribution >= 4 is 11.7 Å². The number of nitrogens with one attached hydrogen (secondary N) is 1. The van der Waals surface area contributed by atoms with Crippen LogP contribution in [0.3, 0.4) is 0 Å². The SMILES string of the molecule is NCc1cncc(NCc2cccc(-c3ccc(C(=O)O)c(O)c3)c2)c1. The van der Waals surface area contributed by atoms with E-state index in [0.717, 1.165) is 27.9 Å². The summed E-state index contributed by atoms with van der Waals surface area (Å²) < 4.78 is 0. The Kier molecular flexibility index (Phi) is 5.15. The van der Waals surface area contributed by atoms with Crippen molar-refractivity contribution in [3.63, 3.8) is 0 Å². The van der Waals surface area contributed by atoms with Gasteiger partial charge in [0.1, 0.15) is 11.3 Å². The van der Waals surface area contributed by atoms with Crippen LogP contribution in [0, 0.1) is 0 Å². The first-order valence-electron chi connectivity index (χ1n) is 8.10. The minimum Gasteiger partial charge on any atom is -0.507 e. The van der Waals surface area contributed by atoms with Crippen LogP contribution in [0.1, 0.15) is 21.5 Å². The van der Waals surface area contributed by atoms with Crippen molar-refractivity contribution in [3.8, 4) is 16.9 Å². The Morgan fingerprint density at radius 1 is 1.04 bits per heavy atom. The van der Waals surface area contributed by atoms with Gasteiger partial charge in [-0.1, -0.05) is 24.3 Å². The Bertz CT molecular complexity index is 941. The van der Waals surface area contributed by atoms with Gasteiger partial charge >= 0.3 is 5.97 Å². The fourth-order valence-electron chi connectivity index (χ4n) is 2.65. The average molecular weight is 349 g/mol. The lowest BCUT2D eigenvalue weighted by molar-refractivity contribution is 0.0694. The summed E-state index contributed by atoms with van der Waals surface area (Å²) in [5, 5.41) is 22.2. The molecular formula is C20H19N3O3. The number of benzene rings is 2. The number of hydrogen-bond acceptors (Lipinski definition) is 5. The highest BCUT2D eigenvalue weighted by Crippen LogP contribution is 2.27. The number of aromatic hydroxyl groups is 1. The van der Waals surface area contributed by atoms with E-state index in [2.05, 4.69) is 10.3 Å². The van der Waals surface area contributed by atoms with Crippen LogP contribution in [0.4, 0.5) is 5.69 Å². The number of aromatic carboxylic acids is 1. The van der Waals surface area contributed by atoms with Gasteiger partial charge < -0.3 is 21.3 Å². The van der Waals surface area contributed by atoms with E-state index in [4.69, 9.17) is 10.8 Å². The highest BCUT2D eigenvalue weighted by atomic mass is 16.4. The number of rotatable bonds is 6. The summed E-state index contributed by atoms with van der Waals surface area (Å²) in [6.45, 7) is 1.04. The quantitative estimate of drug-likeness (QED) is 0.544. The number of carbonyl (C=O) groups is 1. The van der Waals surface area contributed by atoms with E-state index in [1.165, 1.54) is 12.1 Å². The van der Waals surface area contributed by atoms with Gasteiger partial charge in [0.25, 0.3) is 0 Å². The van der Waals surface area contributed by atoms with Gasteiger partial charge in [0.15, 0.2) is 0 Å². The van der Waals surface area contributed by atoms with Crippen LogP contribution in [0.5, 0.6) is 5.75 Å². The van der Waals surface area contributed by atoms with Gasteiger partial charge in [-0.3, -0.25) is 4.98 Å². The van der Waals surface area contributed by atoms with Crippen LogP contribution >= 0.6 is 0 Å². The van der Waals surface area contributed by atoms with Gasteiger partial charge in [0.05, 0.1) is 5.69 Å². The highest BCUT2D eigenvalue weighted by Gasteiger charge is 2.10. The molecule has 0 saturated carbocycles. The number of pyridine rings is 1. The van der Waals surface area contributed by atoms with Gasteiger partial charge in [-0.15, -0.1) is 0 Å². The van der Waals surface area contributed by atoms with Gasteiger partial charge in [0.2, 0.25) is 0 Å². The van der Waals surface area contributed by atoms with E-state index in [1.807, 2.05) is 30.3 Å². The van der Waals surface area contributed by atoms with Crippen LogP contribution < -0.4 is 11.1 Å². The first-order valence-corrected chi connectivity index (χ1v) is 8.10. The van der Waals surface area contributed by atoms with E-state index < -0.39 is 5.97 Å². The van der Waals surface area contributed by atoms with E-state index >= 15 is 0 Å². The van der Waals surface area contributed by atoms with Crippen molar-refractivity contribution in [3.05, 3.63) is 77.6 Å². The largest absolute Gasteiger partial charge is 0.507 e. The third-order valence-corrected chi connectivity index (χ3v) is 4.02. The van der Waals surface area contributed by atoms with Crippen molar-refractivity contribution in [2.75, 3.05) is 5.32 Å². The Labute approximate surface area is 150 Å². The summed E-state index contributed by atoms with van der Waals surface area (Å²) >= 11 is 0. The molecular weight excluding hydrogens is 330 g/mol. The van der Waals surface area contributed by atoms with Crippen molar-refractivity contribution in [2.45, 2.75) is 13.1 Å². The van der Waals surface area contributed by atoms with E-state index in [0.29, 0.717) is 13.1 Å². The molecule has 0 aliphatic rings. The molecule has 0 aliphatic carbocycles. The van der Waals surface area contributed by atoms with E-state index in [9.17, 15) is 9.90 Å². The molecule has 1 heterocycles. The summed E-state index contributed by atoms with van der Waals surface area (Å²) in [5.41, 5.74) is 10.1. The van der Waals surface area contributed by atoms with Gasteiger partial charge in [0, 0.05) is 25.5 Å². The predicted molar refractivity (Wildman–Crippen MR) is 100.0 cm³/mol. The third-order valence-electron chi connectivity index (χ3n) is 4.02. The van der Waals surface area contributed by atoms with Crippen LogP contribution in [0.15, 0.2) is 60.9 Å². The van der Waals surface area contributed by atoms with Crippen LogP contribution in [0.25, 0.3) is 11.1 Å². The molecule has 0 amide bonds. The second-order valence-electron chi connectivity index (χ2n) is 5.88. The maximum atomic E-state index is 11.0. The van der Waals surface area contributed by atoms with Crippen molar-refractivity contribution in [2.24, 2.45) is 5.73 Å². The molecule has 5 N–H and O–H groups in total. The monoisotopic (exact) mass is 349 g/mol. The standard InChI is InChI=1S/C20H19N3O3/c21-9-14-7-17(12-22-10-14)23-11-13-2-1-3-15(6-13)16-4-5-18(20(25)26)19(24)8-16/h1-8,10,12,23-24H,9,11,21H2,(H,25,26). The lowest BCUT2D eigenvalue weighted by Crippen LogP contribution is -2.02. The Morgan fingerprint density at radius 2 is 1.85 bits per heavy atom. The topological polar surface area (TPSA) is 108 Å². The highest BCUT2D eigenvalue weighted by molar-refractivity contribution is 5.91. The molecule has 0 saturated heterocycles. The first-order chi connectivity index (χ1) is 12.6. The number of carboxylic acid groups (broad SMARTS) is 1. The third kappa shape index (κ3) is 3.99. The Morgan fingerprint density at radius 3 is 2.58 bits per heavy atom. The number of phenols is 1. The lowest BCUT2D eigenvalue weighted by atomic mass is 10.0. The molecule has 0 aliphatic heterocycles. The zero-order chi connectivity index (χ0) is 18.5. The fourth-order valence-corrected chi connectivity index (χ4v) is 2.65. The molecule has 0 radical (unpaired) electrons. The number of aromatic nitrogens is 1. The molecule has 26 heavy (non-hydrogen) atoms. The smallest absolute Gasteiger partial charge is 0.339 e. The summed E-state index contributed by atoms with van der Waals surface area (Å²) in [7, 11) is 0. The molecule has 6 heteroatoms. The van der Waals surface area contributed by atoms with Crippen molar-refractivity contribution in [1.29, 1.82) is 0 Å². The van der Waals surface area contributed by atoms with Crippen molar-refractivity contribution < 1.29 is 15.0 Å². The number of carboxylic acids is 1. The molecule has 0 fully saturated rings. The van der Waals surface area contributed by atoms with Crippen LogP contribution in [-0.4, -0.2) is 21.2 Å². The number of nitrogens with zero attached hydrogens (tertiary/aromatic N) is 1. The average Bonchev–Trinajstić information content (AvgIpc) is 2.66. The molecule has 0 unspecified atom stereocenters. The molecule has 0 atom stereocenters. The molecule has 3 rings (SSSR count). The second-order valence-corrected chi connectivity index (χ2v) is 5.88. The molecule has 0 spiro atoms. The van der Waals surface area contributed by atoms with E-state index in [1.54, 1.807) is 18.5 Å². The Balaban J connectivity index is 1.78. The van der Waals surface area contributed by atoms with Gasteiger partial charge in [-0.05, 0) is 46.5 Å². The molecule has 6 nitrogen and oxygen atoms in total. The van der Waals surface area contributed by atoms with Gasteiger partial charge in [-0.25, -0.2) is 4.79 Å². The maximum Gasteiger partial charge on any atom is 0.339 e.